The van der Waals surface area contributed by atoms with Gasteiger partial charge in [-0.3, -0.25) is 0 Å². The van der Waals surface area contributed by atoms with Crippen LogP contribution in [0.2, 0.25) is 0 Å². The van der Waals surface area contributed by atoms with Crippen molar-refractivity contribution in [2.24, 2.45) is 0 Å². The Balaban J connectivity index is 0.000000810. The van der Waals surface area contributed by atoms with Gasteiger partial charge in [-0.1, -0.05) is 0 Å². The number of hydrogen-bond donors (Lipinski definition) is 0. The predicted molar refractivity (Wildman–Crippen MR) is 39.7 cm³/mol. The second-order valence-corrected chi connectivity index (χ2v) is 1.72. The van der Waals surface area contributed by atoms with E-state index < -0.39 is 0 Å². The predicted octanol–water partition coefficient (Wildman–Crippen LogP) is 2.33. The second kappa shape index (κ2) is 5.31. The zero-order valence-electron chi connectivity index (χ0n) is 5.58. The van der Waals surface area contributed by atoms with Crippen molar-refractivity contribution in [3.8, 4) is 0 Å². The van der Waals surface area contributed by atoms with E-state index in [2.05, 4.69) is 13.0 Å². The first kappa shape index (κ1) is 9.52. The van der Waals surface area contributed by atoms with Crippen molar-refractivity contribution in [2.45, 2.75) is 0 Å². The first-order valence-electron chi connectivity index (χ1n) is 2.86. The van der Waals surface area contributed by atoms with E-state index in [1.807, 2.05) is 30.3 Å². The molecule has 0 heterocycles. The number of allylic oxidation sites excluding steroid dienone is 1. The van der Waals surface area contributed by atoms with Crippen LogP contribution in [0.3, 0.4) is 0 Å². The third kappa shape index (κ3) is 2.89. The van der Waals surface area contributed by atoms with Gasteiger partial charge in [0.25, 0.3) is 0 Å². The SMILES string of the molecule is [CH2-]/C=C\c1[c-]cccc1.[W+2]. The monoisotopic (exact) mass is 300 g/mol. The first-order valence-corrected chi connectivity index (χ1v) is 2.86. The molecule has 0 radical (unpaired) electrons. The van der Waals surface area contributed by atoms with Gasteiger partial charge in [-0.15, -0.1) is 30.3 Å². The Morgan fingerprint density at radius 2 is 2.20 bits per heavy atom. The van der Waals surface area contributed by atoms with Crippen LogP contribution in [-0.4, -0.2) is 0 Å². The van der Waals surface area contributed by atoms with Crippen LogP contribution in [0, 0.1) is 13.0 Å². The molecule has 1 heteroatoms. The number of hydrogen-bond acceptors (Lipinski definition) is 0. The van der Waals surface area contributed by atoms with Gasteiger partial charge < -0.3 is 0 Å². The van der Waals surface area contributed by atoms with E-state index in [0.717, 1.165) is 5.56 Å². The first-order chi connectivity index (χ1) is 4.43. The van der Waals surface area contributed by atoms with Crippen LogP contribution >= 0.6 is 0 Å². The summed E-state index contributed by atoms with van der Waals surface area (Å²) >= 11 is 0. The van der Waals surface area contributed by atoms with Crippen LogP contribution in [0.1, 0.15) is 5.56 Å². The molecule has 0 N–H and O–H groups in total. The van der Waals surface area contributed by atoms with E-state index in [0.29, 0.717) is 0 Å². The van der Waals surface area contributed by atoms with E-state index in [4.69, 9.17) is 0 Å². The summed E-state index contributed by atoms with van der Waals surface area (Å²) in [4.78, 5) is 0. The van der Waals surface area contributed by atoms with Gasteiger partial charge in [-0.2, -0.15) is 17.7 Å². The fourth-order valence-electron chi connectivity index (χ4n) is 0.638. The van der Waals surface area contributed by atoms with Crippen molar-refractivity contribution in [2.75, 3.05) is 0 Å². The Morgan fingerprint density at radius 3 is 2.70 bits per heavy atom. The molecule has 10 heavy (non-hydrogen) atoms. The van der Waals surface area contributed by atoms with Crippen molar-refractivity contribution >= 4 is 6.08 Å². The molecular weight excluding hydrogens is 292 g/mol. The third-order valence-electron chi connectivity index (χ3n) is 1.03. The van der Waals surface area contributed by atoms with Gasteiger partial charge in [0.1, 0.15) is 0 Å². The molecule has 0 saturated carbocycles. The molecular formula is C9H8W. The van der Waals surface area contributed by atoms with Gasteiger partial charge in [-0.05, 0) is 0 Å². The van der Waals surface area contributed by atoms with Gasteiger partial charge in [0, 0.05) is 0 Å². The van der Waals surface area contributed by atoms with Gasteiger partial charge in [-0.25, -0.2) is 6.92 Å². The van der Waals surface area contributed by atoms with Crippen LogP contribution in [0.5, 0.6) is 0 Å². The second-order valence-electron chi connectivity index (χ2n) is 1.72. The van der Waals surface area contributed by atoms with Crippen LogP contribution < -0.4 is 0 Å². The maximum Gasteiger partial charge on any atom is 2.00 e. The molecule has 0 aliphatic rings. The van der Waals surface area contributed by atoms with Crippen molar-refractivity contribution in [1.29, 1.82) is 0 Å². The van der Waals surface area contributed by atoms with Crippen LogP contribution in [0.4, 0.5) is 0 Å². The van der Waals surface area contributed by atoms with E-state index >= 15 is 0 Å². The van der Waals surface area contributed by atoms with E-state index in [1.54, 1.807) is 6.08 Å². The molecule has 0 aliphatic heterocycles. The molecule has 50 valence electrons. The fraction of sp³-hybridized carbons (Fsp3) is 0. The average molecular weight is 300 g/mol. The minimum atomic E-state index is 0. The molecule has 1 rings (SSSR count). The molecule has 0 spiro atoms. The average Bonchev–Trinajstić information content (AvgIpc) is 1.91. The van der Waals surface area contributed by atoms with Gasteiger partial charge in [0.15, 0.2) is 0 Å². The Hall–Kier alpha value is -0.482. The Morgan fingerprint density at radius 1 is 1.40 bits per heavy atom. The minimum Gasteiger partial charge on any atom is -0.236 e. The molecule has 0 fully saturated rings. The van der Waals surface area contributed by atoms with Crippen molar-refractivity contribution in [3.05, 3.63) is 48.9 Å². The summed E-state index contributed by atoms with van der Waals surface area (Å²) in [6, 6.07) is 10.8. The Kier molecular flexibility index (Phi) is 5.06. The molecule has 0 unspecified atom stereocenters. The van der Waals surface area contributed by atoms with Crippen LogP contribution in [0.15, 0.2) is 30.3 Å². The molecule has 0 aromatic heterocycles. The summed E-state index contributed by atoms with van der Waals surface area (Å²) in [6.45, 7) is 3.58. The molecule has 0 nitrogen and oxygen atoms in total. The van der Waals surface area contributed by atoms with Crippen LogP contribution in [-0.2, 0) is 21.1 Å². The van der Waals surface area contributed by atoms with E-state index in [1.165, 1.54) is 0 Å². The summed E-state index contributed by atoms with van der Waals surface area (Å²) in [6.07, 6.45) is 3.67. The maximum absolute atomic E-state index is 3.58. The summed E-state index contributed by atoms with van der Waals surface area (Å²) in [7, 11) is 0. The van der Waals surface area contributed by atoms with Crippen molar-refractivity contribution in [1.82, 2.24) is 0 Å². The standard InChI is InChI=1S/C9H8.W/c1-2-6-9-7-4-3-5-8-9;/h2-7H,1H2;/q-2;+2/b6-2-;. The van der Waals surface area contributed by atoms with Crippen LogP contribution in [0.25, 0.3) is 6.08 Å². The molecule has 0 aliphatic carbocycles. The van der Waals surface area contributed by atoms with Crippen molar-refractivity contribution in [3.63, 3.8) is 0 Å². The summed E-state index contributed by atoms with van der Waals surface area (Å²) < 4.78 is 0. The quantitative estimate of drug-likeness (QED) is 0.698. The minimum absolute atomic E-state index is 0. The number of rotatable bonds is 1. The van der Waals surface area contributed by atoms with Gasteiger partial charge in [0.05, 0.1) is 0 Å². The third-order valence-corrected chi connectivity index (χ3v) is 1.03. The van der Waals surface area contributed by atoms with Crippen molar-refractivity contribution < 1.29 is 21.1 Å². The Bertz CT molecular complexity index is 189. The smallest absolute Gasteiger partial charge is 0.236 e. The normalized spacial score (nSPS) is 9.20. The molecule has 1 aromatic carbocycles. The zero-order valence-corrected chi connectivity index (χ0v) is 8.51. The molecule has 0 bridgehead atoms. The van der Waals surface area contributed by atoms with Gasteiger partial charge >= 0.3 is 21.1 Å². The Labute approximate surface area is 76.2 Å². The molecule has 0 atom stereocenters. The topological polar surface area (TPSA) is 0 Å². The molecule has 1 aromatic rings. The van der Waals surface area contributed by atoms with E-state index in [-0.39, 0.29) is 21.1 Å². The fourth-order valence-corrected chi connectivity index (χ4v) is 0.638. The maximum atomic E-state index is 3.58. The molecule has 0 amide bonds. The molecule has 0 saturated heterocycles. The largest absolute Gasteiger partial charge is 2.00 e. The zero-order chi connectivity index (χ0) is 6.53. The number of benzene rings is 1. The summed E-state index contributed by atoms with van der Waals surface area (Å²) in [5.41, 5.74) is 1.08. The summed E-state index contributed by atoms with van der Waals surface area (Å²) in [5, 5.41) is 0. The van der Waals surface area contributed by atoms with Gasteiger partial charge in [0.2, 0.25) is 0 Å². The van der Waals surface area contributed by atoms with E-state index in [9.17, 15) is 0 Å². The summed E-state index contributed by atoms with van der Waals surface area (Å²) in [5.74, 6) is 0.